The summed E-state index contributed by atoms with van der Waals surface area (Å²) in [6.45, 7) is 0. The van der Waals surface area contributed by atoms with Crippen LogP contribution in [0.15, 0.2) is 30.5 Å². The third kappa shape index (κ3) is 2.81. The van der Waals surface area contributed by atoms with Gasteiger partial charge in [-0.05, 0) is 29.8 Å². The normalized spacial score (nSPS) is 13.5. The van der Waals surface area contributed by atoms with Crippen LogP contribution in [-0.2, 0) is 13.2 Å². The molecule has 0 fully saturated rings. The lowest BCUT2D eigenvalue weighted by Gasteiger charge is -2.19. The second-order valence-corrected chi connectivity index (χ2v) is 4.24. The smallest absolute Gasteiger partial charge is 0.275 e. The number of rotatable bonds is 3. The highest BCUT2D eigenvalue weighted by atomic mass is 19.4. The molecule has 0 bridgehead atoms. The lowest BCUT2D eigenvalue weighted by atomic mass is 9.98. The number of nitrogens with one attached hydrogen (secondary N) is 1. The fraction of sp³-hybridized carbons (Fsp3) is 0.250. The zero-order chi connectivity index (χ0) is 14.9. The maximum Gasteiger partial charge on any atom is 0.416 e. The van der Waals surface area contributed by atoms with E-state index in [0.29, 0.717) is 6.07 Å². The van der Waals surface area contributed by atoms with E-state index in [1.807, 2.05) is 0 Å². The molecule has 0 aliphatic rings. The van der Waals surface area contributed by atoms with Crippen molar-refractivity contribution in [3.05, 3.63) is 53.1 Å². The third-order valence-corrected chi connectivity index (χ3v) is 2.83. The Morgan fingerprint density at radius 1 is 1.30 bits per heavy atom. The molecule has 1 aromatic heterocycles. The molecule has 108 valence electrons. The van der Waals surface area contributed by atoms with E-state index in [1.165, 1.54) is 10.7 Å². The topological polar surface area (TPSA) is 55.9 Å². The number of nitrogens with zero attached hydrogens (tertiary/aromatic N) is 2. The van der Waals surface area contributed by atoms with Gasteiger partial charge in [-0.2, -0.15) is 18.3 Å². The predicted molar refractivity (Wildman–Crippen MR) is 63.8 cm³/mol. The maximum absolute atomic E-state index is 13.3. The van der Waals surface area contributed by atoms with Crippen LogP contribution in [0.5, 0.6) is 0 Å². The molecule has 3 N–H and O–H groups in total. The molecule has 2 aromatic rings. The first-order valence-electron chi connectivity index (χ1n) is 5.65. The molecule has 0 amide bonds. The van der Waals surface area contributed by atoms with Crippen molar-refractivity contribution >= 4 is 0 Å². The van der Waals surface area contributed by atoms with Gasteiger partial charge in [0, 0.05) is 13.2 Å². The highest BCUT2D eigenvalue weighted by Gasteiger charge is 2.36. The SMILES string of the molecule is Cn1ccc(C(NN)c2cc(F)ccc2C(F)(F)F)n1. The molecule has 1 aromatic carbocycles. The van der Waals surface area contributed by atoms with Crippen molar-refractivity contribution < 1.29 is 17.6 Å². The minimum Gasteiger partial charge on any atom is -0.275 e. The average Bonchev–Trinajstić information content (AvgIpc) is 2.75. The van der Waals surface area contributed by atoms with Crippen LogP contribution in [0, 0.1) is 5.82 Å². The van der Waals surface area contributed by atoms with Gasteiger partial charge in [0.25, 0.3) is 0 Å². The van der Waals surface area contributed by atoms with Crippen LogP contribution in [0.1, 0.15) is 22.9 Å². The van der Waals surface area contributed by atoms with E-state index in [1.54, 1.807) is 13.2 Å². The summed E-state index contributed by atoms with van der Waals surface area (Å²) in [5.41, 5.74) is 1.26. The molecule has 0 saturated carbocycles. The largest absolute Gasteiger partial charge is 0.416 e. The molecule has 8 heteroatoms. The van der Waals surface area contributed by atoms with Gasteiger partial charge in [0.15, 0.2) is 0 Å². The molecule has 2 rings (SSSR count). The van der Waals surface area contributed by atoms with E-state index in [-0.39, 0.29) is 11.3 Å². The Labute approximate surface area is 112 Å². The van der Waals surface area contributed by atoms with Crippen LogP contribution in [-0.4, -0.2) is 9.78 Å². The van der Waals surface area contributed by atoms with Crippen LogP contribution < -0.4 is 11.3 Å². The zero-order valence-corrected chi connectivity index (χ0v) is 10.4. The minimum absolute atomic E-state index is 0.270. The monoisotopic (exact) mass is 288 g/mol. The number of hydrazine groups is 1. The molecule has 0 aliphatic heterocycles. The summed E-state index contributed by atoms with van der Waals surface area (Å²) < 4.78 is 53.7. The summed E-state index contributed by atoms with van der Waals surface area (Å²) in [4.78, 5) is 0. The van der Waals surface area contributed by atoms with Crippen LogP contribution in [0.2, 0.25) is 0 Å². The molecule has 0 saturated heterocycles. The first-order chi connectivity index (χ1) is 9.32. The standard InChI is InChI=1S/C12H12F4N4/c1-20-5-4-10(19-20)11(18-17)8-6-7(13)2-3-9(8)12(14,15)16/h2-6,11,18H,17H2,1H3. The summed E-state index contributed by atoms with van der Waals surface area (Å²) in [7, 11) is 1.62. The number of aromatic nitrogens is 2. The van der Waals surface area contributed by atoms with Crippen molar-refractivity contribution in [1.29, 1.82) is 0 Å². The average molecular weight is 288 g/mol. The van der Waals surface area contributed by atoms with E-state index in [0.717, 1.165) is 12.1 Å². The number of nitrogens with two attached hydrogens (primary N) is 1. The fourth-order valence-electron chi connectivity index (χ4n) is 1.95. The summed E-state index contributed by atoms with van der Waals surface area (Å²) in [5, 5.41) is 4.00. The van der Waals surface area contributed by atoms with Crippen LogP contribution >= 0.6 is 0 Å². The van der Waals surface area contributed by atoms with Gasteiger partial charge in [0.2, 0.25) is 0 Å². The van der Waals surface area contributed by atoms with Crippen molar-refractivity contribution in [2.45, 2.75) is 12.2 Å². The summed E-state index contributed by atoms with van der Waals surface area (Å²) in [6, 6.07) is 2.72. The van der Waals surface area contributed by atoms with Crippen LogP contribution in [0.25, 0.3) is 0 Å². The van der Waals surface area contributed by atoms with E-state index in [9.17, 15) is 17.6 Å². The van der Waals surface area contributed by atoms with Crippen LogP contribution in [0.3, 0.4) is 0 Å². The Morgan fingerprint density at radius 3 is 2.50 bits per heavy atom. The number of halogens is 4. The van der Waals surface area contributed by atoms with Gasteiger partial charge in [-0.1, -0.05) is 0 Å². The van der Waals surface area contributed by atoms with E-state index >= 15 is 0 Å². The van der Waals surface area contributed by atoms with Crippen molar-refractivity contribution in [3.8, 4) is 0 Å². The lowest BCUT2D eigenvalue weighted by molar-refractivity contribution is -0.138. The third-order valence-electron chi connectivity index (χ3n) is 2.83. The number of hydrogen-bond acceptors (Lipinski definition) is 3. The molecule has 0 aliphatic carbocycles. The highest BCUT2D eigenvalue weighted by Crippen LogP contribution is 2.36. The number of aryl methyl sites for hydroxylation is 1. The number of alkyl halides is 3. The molecular formula is C12H12F4N4. The first-order valence-corrected chi connectivity index (χ1v) is 5.65. The first kappa shape index (κ1) is 14.5. The molecule has 1 atom stereocenters. The van der Waals surface area contributed by atoms with Gasteiger partial charge in [0.1, 0.15) is 5.82 Å². The second-order valence-electron chi connectivity index (χ2n) is 4.24. The van der Waals surface area contributed by atoms with Gasteiger partial charge in [-0.25, -0.2) is 9.82 Å². The van der Waals surface area contributed by atoms with Crippen LogP contribution in [0.4, 0.5) is 17.6 Å². The quantitative estimate of drug-likeness (QED) is 0.517. The highest BCUT2D eigenvalue weighted by molar-refractivity contribution is 5.37. The number of benzene rings is 1. The van der Waals surface area contributed by atoms with Crippen molar-refractivity contribution in [2.24, 2.45) is 12.9 Å². The maximum atomic E-state index is 13.3. The Kier molecular flexibility index (Phi) is 3.78. The van der Waals surface area contributed by atoms with Gasteiger partial charge < -0.3 is 0 Å². The minimum atomic E-state index is -4.60. The fourth-order valence-corrected chi connectivity index (χ4v) is 1.95. The molecule has 0 radical (unpaired) electrons. The van der Waals surface area contributed by atoms with Crippen molar-refractivity contribution in [2.75, 3.05) is 0 Å². The molecule has 20 heavy (non-hydrogen) atoms. The van der Waals surface area contributed by atoms with Gasteiger partial charge in [-0.15, -0.1) is 0 Å². The summed E-state index contributed by atoms with van der Waals surface area (Å²) in [6.07, 6.45) is -3.04. The summed E-state index contributed by atoms with van der Waals surface area (Å²) in [5.74, 6) is 4.55. The summed E-state index contributed by atoms with van der Waals surface area (Å²) >= 11 is 0. The van der Waals surface area contributed by atoms with E-state index in [4.69, 9.17) is 5.84 Å². The Balaban J connectivity index is 2.56. The predicted octanol–water partition coefficient (Wildman–Crippen LogP) is 2.13. The molecule has 1 unspecified atom stereocenters. The molecule has 4 nitrogen and oxygen atoms in total. The van der Waals surface area contributed by atoms with Gasteiger partial charge in [0.05, 0.1) is 17.3 Å². The zero-order valence-electron chi connectivity index (χ0n) is 10.4. The van der Waals surface area contributed by atoms with Crippen molar-refractivity contribution in [3.63, 3.8) is 0 Å². The van der Waals surface area contributed by atoms with Gasteiger partial charge >= 0.3 is 6.18 Å². The van der Waals surface area contributed by atoms with E-state index in [2.05, 4.69) is 10.5 Å². The lowest BCUT2D eigenvalue weighted by Crippen LogP contribution is -2.31. The Bertz CT molecular complexity index is 606. The van der Waals surface area contributed by atoms with Crippen molar-refractivity contribution in [1.82, 2.24) is 15.2 Å². The number of hydrogen-bond donors (Lipinski definition) is 2. The Morgan fingerprint density at radius 2 is 2.00 bits per heavy atom. The molecule has 0 spiro atoms. The Hall–Kier alpha value is -1.93. The van der Waals surface area contributed by atoms with Gasteiger partial charge in [-0.3, -0.25) is 10.5 Å². The second kappa shape index (κ2) is 5.22. The molecular weight excluding hydrogens is 276 g/mol. The van der Waals surface area contributed by atoms with E-state index < -0.39 is 23.6 Å². The molecule has 1 heterocycles.